The minimum atomic E-state index is 0.424. The Kier molecular flexibility index (Phi) is 1.65. The summed E-state index contributed by atoms with van der Waals surface area (Å²) < 4.78 is 1.17. The van der Waals surface area contributed by atoms with Gasteiger partial charge in [0.1, 0.15) is 0 Å². The molecule has 0 aliphatic carbocycles. The van der Waals surface area contributed by atoms with Crippen LogP contribution < -0.4 is 0 Å². The molecule has 0 N–H and O–H groups in total. The molecular weight excluding hydrogens is 134 g/mol. The van der Waals surface area contributed by atoms with Crippen LogP contribution >= 0.6 is 0 Å². The lowest BCUT2D eigenvalue weighted by atomic mass is 9.75. The zero-order valence-electron chi connectivity index (χ0n) is 8.86. The van der Waals surface area contributed by atoms with Gasteiger partial charge in [-0.3, -0.25) is 0 Å². The minimum absolute atomic E-state index is 0.424. The second kappa shape index (κ2) is 2.01. The highest BCUT2D eigenvalue weighted by Crippen LogP contribution is 2.47. The zero-order valence-corrected chi connectivity index (χ0v) is 8.86. The molecule has 1 rings (SSSR count). The molecule has 0 bridgehead atoms. The summed E-state index contributed by atoms with van der Waals surface area (Å²) in [6, 6.07) is 0. The van der Waals surface area contributed by atoms with Crippen molar-refractivity contribution in [1.29, 1.82) is 0 Å². The lowest BCUT2D eigenvalue weighted by Crippen LogP contribution is -2.56. The van der Waals surface area contributed by atoms with E-state index in [0.29, 0.717) is 11.0 Å². The Balaban J connectivity index is 3.00. The Bertz CT molecular complexity index is 148. The van der Waals surface area contributed by atoms with E-state index in [9.17, 15) is 0 Å². The van der Waals surface area contributed by atoms with Gasteiger partial charge in [0, 0.05) is 11.8 Å². The summed E-state index contributed by atoms with van der Waals surface area (Å²) in [5.41, 5.74) is 0.920. The van der Waals surface area contributed by atoms with Crippen molar-refractivity contribution in [1.82, 2.24) is 0 Å². The Morgan fingerprint density at radius 3 is 1.55 bits per heavy atom. The van der Waals surface area contributed by atoms with Crippen molar-refractivity contribution in [3.05, 3.63) is 0 Å². The van der Waals surface area contributed by atoms with E-state index in [1.165, 1.54) is 17.4 Å². The highest BCUT2D eigenvalue weighted by molar-refractivity contribution is 4.92. The largest absolute Gasteiger partial charge is 0.324 e. The number of hydrogen-bond acceptors (Lipinski definition) is 0. The van der Waals surface area contributed by atoms with Crippen molar-refractivity contribution in [2.75, 3.05) is 20.6 Å². The van der Waals surface area contributed by atoms with Crippen molar-refractivity contribution in [3.63, 3.8) is 0 Å². The molecule has 0 aromatic rings. The summed E-state index contributed by atoms with van der Waals surface area (Å²) in [5.74, 6) is 0. The smallest absolute Gasteiger partial charge is 0.0984 e. The molecule has 66 valence electrons. The number of nitrogens with zero attached hydrogens (tertiary/aromatic N) is 1. The third-order valence-corrected chi connectivity index (χ3v) is 4.47. The standard InChI is InChI=1S/C10H22N/c1-9(2)7-8-11(5,6)10(9,3)4/h7-8H2,1-6H3/q+1. The predicted octanol–water partition coefficient (Wildman–Crippen LogP) is 2.27. The number of hydrogen-bond donors (Lipinski definition) is 0. The van der Waals surface area contributed by atoms with Crippen molar-refractivity contribution < 1.29 is 4.48 Å². The maximum absolute atomic E-state index is 2.39. The van der Waals surface area contributed by atoms with Crippen LogP contribution in [0.2, 0.25) is 0 Å². The fourth-order valence-electron chi connectivity index (χ4n) is 1.96. The van der Waals surface area contributed by atoms with Gasteiger partial charge in [-0.15, -0.1) is 0 Å². The highest BCUT2D eigenvalue weighted by atomic mass is 15.4. The van der Waals surface area contributed by atoms with Crippen LogP contribution in [0.4, 0.5) is 0 Å². The SMILES string of the molecule is CC1(C)CC[N+](C)(C)C1(C)C. The predicted molar refractivity (Wildman–Crippen MR) is 49.5 cm³/mol. The van der Waals surface area contributed by atoms with E-state index in [1.54, 1.807) is 0 Å². The molecule has 0 unspecified atom stereocenters. The van der Waals surface area contributed by atoms with E-state index < -0.39 is 0 Å². The van der Waals surface area contributed by atoms with Crippen LogP contribution in [0.3, 0.4) is 0 Å². The molecule has 0 aromatic carbocycles. The maximum atomic E-state index is 2.39. The number of quaternary nitrogens is 1. The average molecular weight is 156 g/mol. The summed E-state index contributed by atoms with van der Waals surface area (Å²) in [6.07, 6.45) is 1.35. The second-order valence-corrected chi connectivity index (χ2v) is 5.60. The first-order valence-electron chi connectivity index (χ1n) is 4.54. The van der Waals surface area contributed by atoms with Gasteiger partial charge >= 0.3 is 0 Å². The van der Waals surface area contributed by atoms with E-state index in [4.69, 9.17) is 0 Å². The van der Waals surface area contributed by atoms with Crippen molar-refractivity contribution in [2.24, 2.45) is 5.41 Å². The molecule has 1 saturated heterocycles. The van der Waals surface area contributed by atoms with Crippen LogP contribution in [-0.4, -0.2) is 30.7 Å². The third-order valence-electron chi connectivity index (χ3n) is 4.47. The van der Waals surface area contributed by atoms with Gasteiger partial charge in [0.2, 0.25) is 0 Å². The van der Waals surface area contributed by atoms with Gasteiger partial charge < -0.3 is 4.48 Å². The lowest BCUT2D eigenvalue weighted by Gasteiger charge is -2.44. The number of likely N-dealkylation sites (tertiary alicyclic amines) is 1. The van der Waals surface area contributed by atoms with Crippen LogP contribution in [0.15, 0.2) is 0 Å². The van der Waals surface area contributed by atoms with Crippen molar-refractivity contribution >= 4 is 0 Å². The van der Waals surface area contributed by atoms with Gasteiger partial charge in [0.15, 0.2) is 0 Å². The molecule has 1 heteroatoms. The van der Waals surface area contributed by atoms with Crippen molar-refractivity contribution in [2.45, 2.75) is 39.7 Å². The van der Waals surface area contributed by atoms with Crippen LogP contribution in [0, 0.1) is 5.41 Å². The molecule has 11 heavy (non-hydrogen) atoms. The van der Waals surface area contributed by atoms with Crippen molar-refractivity contribution in [3.8, 4) is 0 Å². The molecule has 1 heterocycles. The Labute approximate surface area is 71.0 Å². The first-order chi connectivity index (χ1) is 4.71. The van der Waals surface area contributed by atoms with Gasteiger partial charge in [-0.25, -0.2) is 0 Å². The average Bonchev–Trinajstić information content (AvgIpc) is 1.93. The summed E-state index contributed by atoms with van der Waals surface area (Å²) in [4.78, 5) is 0. The number of rotatable bonds is 0. The second-order valence-electron chi connectivity index (χ2n) is 5.60. The first-order valence-corrected chi connectivity index (χ1v) is 4.54. The summed E-state index contributed by atoms with van der Waals surface area (Å²) >= 11 is 0. The molecular formula is C10H22N+. The van der Waals surface area contributed by atoms with Gasteiger partial charge in [0.25, 0.3) is 0 Å². The van der Waals surface area contributed by atoms with Crippen LogP contribution in [0.25, 0.3) is 0 Å². The fraction of sp³-hybridized carbons (Fsp3) is 1.00. The quantitative estimate of drug-likeness (QED) is 0.472. The molecule has 1 nitrogen and oxygen atoms in total. The Hall–Kier alpha value is -0.0400. The van der Waals surface area contributed by atoms with Gasteiger partial charge in [-0.05, 0) is 13.8 Å². The molecule has 1 fully saturated rings. The molecule has 1 aliphatic rings. The molecule has 0 spiro atoms. The normalized spacial score (nSPS) is 32.2. The van der Waals surface area contributed by atoms with Gasteiger partial charge in [0.05, 0.1) is 26.2 Å². The van der Waals surface area contributed by atoms with E-state index in [0.717, 1.165) is 0 Å². The van der Waals surface area contributed by atoms with Crippen LogP contribution in [0.5, 0.6) is 0 Å². The molecule has 0 radical (unpaired) electrons. The molecule has 0 aromatic heterocycles. The molecule has 1 aliphatic heterocycles. The lowest BCUT2D eigenvalue weighted by molar-refractivity contribution is -0.928. The van der Waals surface area contributed by atoms with E-state index in [1.807, 2.05) is 0 Å². The topological polar surface area (TPSA) is 0 Å². The summed E-state index contributed by atoms with van der Waals surface area (Å²) in [7, 11) is 4.68. The monoisotopic (exact) mass is 156 g/mol. The Morgan fingerprint density at radius 1 is 1.00 bits per heavy atom. The van der Waals surface area contributed by atoms with Crippen LogP contribution in [-0.2, 0) is 0 Å². The van der Waals surface area contributed by atoms with Crippen LogP contribution in [0.1, 0.15) is 34.1 Å². The third kappa shape index (κ3) is 1.01. The Morgan fingerprint density at radius 2 is 1.45 bits per heavy atom. The molecule has 0 saturated carbocycles. The summed E-state index contributed by atoms with van der Waals surface area (Å²) in [5, 5.41) is 0. The first kappa shape index (κ1) is 9.05. The molecule has 0 atom stereocenters. The molecule has 0 amide bonds. The maximum Gasteiger partial charge on any atom is 0.0984 e. The fourth-order valence-corrected chi connectivity index (χ4v) is 1.96. The summed E-state index contributed by atoms with van der Waals surface area (Å²) in [6.45, 7) is 10.9. The van der Waals surface area contributed by atoms with E-state index in [-0.39, 0.29) is 0 Å². The van der Waals surface area contributed by atoms with Gasteiger partial charge in [-0.1, -0.05) is 13.8 Å². The minimum Gasteiger partial charge on any atom is -0.324 e. The highest BCUT2D eigenvalue weighted by Gasteiger charge is 2.54. The van der Waals surface area contributed by atoms with Gasteiger partial charge in [-0.2, -0.15) is 0 Å². The zero-order chi connectivity index (χ0) is 8.91. The van der Waals surface area contributed by atoms with E-state index in [2.05, 4.69) is 41.8 Å². The van der Waals surface area contributed by atoms with E-state index >= 15 is 0 Å².